The van der Waals surface area contributed by atoms with Crippen molar-refractivity contribution in [2.24, 2.45) is 0 Å². The van der Waals surface area contributed by atoms with Crippen LogP contribution in [0.25, 0.3) is 0 Å². The van der Waals surface area contributed by atoms with Gasteiger partial charge in [0.05, 0.1) is 24.8 Å². The van der Waals surface area contributed by atoms with Crippen molar-refractivity contribution in [1.29, 1.82) is 0 Å². The van der Waals surface area contributed by atoms with Gasteiger partial charge in [0.2, 0.25) is 15.6 Å². The lowest BCUT2D eigenvalue weighted by atomic mass is 10.0. The first-order chi connectivity index (χ1) is 15.7. The molecule has 6 nitrogen and oxygen atoms in total. The Morgan fingerprint density at radius 3 is 2.30 bits per heavy atom. The fourth-order valence-electron chi connectivity index (χ4n) is 3.85. The molecule has 1 heterocycles. The van der Waals surface area contributed by atoms with Crippen molar-refractivity contribution in [3.05, 3.63) is 88.2 Å². The minimum atomic E-state index is -4.20. The molecule has 0 aromatic heterocycles. The SMILES string of the molecule is COc1ccc(N2C=C(C(=O)c3ccc(C)cc3C)S(=O)(=O)c3ccc(F)cc32)cc1OC. The number of carbonyl (C=O) groups is 1. The molecular weight excluding hydrogens is 445 g/mol. The molecule has 8 heteroatoms. The Morgan fingerprint density at radius 1 is 0.909 bits per heavy atom. The molecule has 0 saturated heterocycles. The molecule has 170 valence electrons. The van der Waals surface area contributed by atoms with Crippen molar-refractivity contribution in [2.75, 3.05) is 19.1 Å². The Morgan fingerprint density at radius 2 is 1.64 bits per heavy atom. The molecule has 0 atom stereocenters. The Hall–Kier alpha value is -3.65. The number of methoxy groups -OCH3 is 2. The molecule has 0 spiro atoms. The van der Waals surface area contributed by atoms with Crippen LogP contribution in [-0.2, 0) is 9.84 Å². The first-order valence-corrected chi connectivity index (χ1v) is 11.6. The Kier molecular flexibility index (Phi) is 5.71. The van der Waals surface area contributed by atoms with E-state index >= 15 is 0 Å². The lowest BCUT2D eigenvalue weighted by Crippen LogP contribution is -2.26. The Bertz CT molecular complexity index is 1410. The molecule has 4 rings (SSSR count). The Balaban J connectivity index is 1.95. The van der Waals surface area contributed by atoms with Crippen LogP contribution in [0.1, 0.15) is 21.5 Å². The highest BCUT2D eigenvalue weighted by Gasteiger charge is 2.37. The van der Waals surface area contributed by atoms with Crippen molar-refractivity contribution in [3.8, 4) is 11.5 Å². The molecule has 0 fully saturated rings. The van der Waals surface area contributed by atoms with Gasteiger partial charge in [0, 0.05) is 23.5 Å². The third kappa shape index (κ3) is 3.87. The number of rotatable bonds is 5. The summed E-state index contributed by atoms with van der Waals surface area (Å²) in [6.07, 6.45) is 1.24. The number of anilines is 2. The van der Waals surface area contributed by atoms with Crippen LogP contribution in [0.3, 0.4) is 0 Å². The molecule has 3 aromatic carbocycles. The van der Waals surface area contributed by atoms with Crippen molar-refractivity contribution in [2.45, 2.75) is 18.7 Å². The number of nitrogens with zero attached hydrogens (tertiary/aromatic N) is 1. The fourth-order valence-corrected chi connectivity index (χ4v) is 5.37. The van der Waals surface area contributed by atoms with Gasteiger partial charge in [-0.3, -0.25) is 4.79 Å². The van der Waals surface area contributed by atoms with Crippen LogP contribution in [0, 0.1) is 19.7 Å². The van der Waals surface area contributed by atoms with E-state index < -0.39 is 26.3 Å². The van der Waals surface area contributed by atoms with Crippen LogP contribution < -0.4 is 14.4 Å². The summed E-state index contributed by atoms with van der Waals surface area (Å²) < 4.78 is 51.6. The van der Waals surface area contributed by atoms with Gasteiger partial charge in [0.1, 0.15) is 10.7 Å². The van der Waals surface area contributed by atoms with Gasteiger partial charge in [0.15, 0.2) is 11.5 Å². The maximum absolute atomic E-state index is 14.2. The van der Waals surface area contributed by atoms with E-state index in [-0.39, 0.29) is 16.1 Å². The summed E-state index contributed by atoms with van der Waals surface area (Å²) in [6, 6.07) is 13.5. The molecule has 0 radical (unpaired) electrons. The summed E-state index contributed by atoms with van der Waals surface area (Å²) in [6.45, 7) is 3.65. The summed E-state index contributed by atoms with van der Waals surface area (Å²) >= 11 is 0. The van der Waals surface area contributed by atoms with Crippen LogP contribution in [0.5, 0.6) is 11.5 Å². The summed E-state index contributed by atoms with van der Waals surface area (Å²) in [7, 11) is -1.23. The second kappa shape index (κ2) is 8.37. The standard InChI is InChI=1S/C25H22FNO5S/c1-15-5-8-19(16(2)11-15)25(28)24-14-27(18-7-9-21(31-3)22(13-18)32-4)20-12-17(26)6-10-23(20)33(24,29)30/h5-14H,1-4H3. The van der Waals surface area contributed by atoms with Gasteiger partial charge >= 0.3 is 0 Å². The number of carbonyl (C=O) groups excluding carboxylic acids is 1. The zero-order valence-corrected chi connectivity index (χ0v) is 19.4. The van der Waals surface area contributed by atoms with Crippen molar-refractivity contribution < 1.29 is 27.1 Å². The molecule has 1 aliphatic heterocycles. The third-order valence-corrected chi connectivity index (χ3v) is 7.30. The Labute approximate surface area is 191 Å². The molecule has 0 saturated carbocycles. The van der Waals surface area contributed by atoms with Crippen molar-refractivity contribution >= 4 is 27.0 Å². The monoisotopic (exact) mass is 467 g/mol. The average molecular weight is 468 g/mol. The van der Waals surface area contributed by atoms with Gasteiger partial charge in [-0.05, 0) is 49.7 Å². The summed E-state index contributed by atoms with van der Waals surface area (Å²) in [5.41, 5.74) is 2.48. The number of benzene rings is 3. The normalized spacial score (nSPS) is 14.3. The molecule has 0 N–H and O–H groups in total. The third-order valence-electron chi connectivity index (χ3n) is 5.50. The number of halogens is 1. The topological polar surface area (TPSA) is 72.9 Å². The van der Waals surface area contributed by atoms with E-state index in [2.05, 4.69) is 0 Å². The van der Waals surface area contributed by atoms with Gasteiger partial charge in [0.25, 0.3) is 0 Å². The second-order valence-corrected chi connectivity index (χ2v) is 9.55. The summed E-state index contributed by atoms with van der Waals surface area (Å²) in [5, 5.41) is 0. The highest BCUT2D eigenvalue weighted by Crippen LogP contribution is 2.43. The van der Waals surface area contributed by atoms with Crippen LogP contribution in [0.4, 0.5) is 15.8 Å². The second-order valence-electron chi connectivity index (χ2n) is 7.67. The number of aryl methyl sites for hydroxylation is 2. The summed E-state index contributed by atoms with van der Waals surface area (Å²) in [4.78, 5) is 14.3. The van der Waals surface area contributed by atoms with Crippen LogP contribution in [0.2, 0.25) is 0 Å². The molecule has 3 aromatic rings. The van der Waals surface area contributed by atoms with E-state index in [1.54, 1.807) is 37.3 Å². The maximum Gasteiger partial charge on any atom is 0.214 e. The number of hydrogen-bond donors (Lipinski definition) is 0. The van der Waals surface area contributed by atoms with Gasteiger partial charge in [-0.15, -0.1) is 0 Å². The number of ketones is 1. The highest BCUT2D eigenvalue weighted by atomic mass is 32.2. The summed E-state index contributed by atoms with van der Waals surface area (Å²) in [5.74, 6) is -0.363. The number of ether oxygens (including phenoxy) is 2. The predicted molar refractivity (Wildman–Crippen MR) is 124 cm³/mol. The first kappa shape index (κ1) is 22.5. The largest absolute Gasteiger partial charge is 0.493 e. The number of sulfone groups is 1. The fraction of sp³-hybridized carbons (Fsp3) is 0.160. The van der Waals surface area contributed by atoms with Gasteiger partial charge in [-0.25, -0.2) is 12.8 Å². The van der Waals surface area contributed by atoms with Gasteiger partial charge < -0.3 is 14.4 Å². The zero-order chi connectivity index (χ0) is 23.9. The molecule has 0 unspecified atom stereocenters. The predicted octanol–water partition coefficient (Wildman–Crippen LogP) is 5.11. The zero-order valence-electron chi connectivity index (χ0n) is 18.5. The molecular formula is C25H22FNO5S. The molecule has 0 bridgehead atoms. The van der Waals surface area contributed by atoms with Crippen LogP contribution >= 0.6 is 0 Å². The number of allylic oxidation sites excluding steroid dienone is 1. The van der Waals surface area contributed by atoms with Crippen LogP contribution in [-0.4, -0.2) is 28.4 Å². The average Bonchev–Trinajstić information content (AvgIpc) is 2.78. The lowest BCUT2D eigenvalue weighted by Gasteiger charge is -2.29. The molecule has 33 heavy (non-hydrogen) atoms. The van der Waals surface area contributed by atoms with E-state index in [0.29, 0.717) is 22.7 Å². The lowest BCUT2D eigenvalue weighted by molar-refractivity contribution is 0.104. The number of hydrogen-bond acceptors (Lipinski definition) is 6. The molecule has 0 amide bonds. The number of fused-ring (bicyclic) bond motifs is 1. The first-order valence-electron chi connectivity index (χ1n) is 10.1. The van der Waals surface area contributed by atoms with Crippen molar-refractivity contribution in [1.82, 2.24) is 0 Å². The smallest absolute Gasteiger partial charge is 0.214 e. The van der Waals surface area contributed by atoms with Crippen LogP contribution in [0.15, 0.2) is 70.6 Å². The van der Waals surface area contributed by atoms with Gasteiger partial charge in [-0.1, -0.05) is 23.8 Å². The minimum absolute atomic E-state index is 0.0967. The maximum atomic E-state index is 14.2. The quantitative estimate of drug-likeness (QED) is 0.384. The van der Waals surface area contributed by atoms with E-state index in [0.717, 1.165) is 17.7 Å². The van der Waals surface area contributed by atoms with E-state index in [9.17, 15) is 17.6 Å². The minimum Gasteiger partial charge on any atom is -0.493 e. The van der Waals surface area contributed by atoms with Gasteiger partial charge in [-0.2, -0.15) is 0 Å². The highest BCUT2D eigenvalue weighted by molar-refractivity contribution is 7.96. The number of Topliss-reactive ketones (excluding diaryl/α,β-unsaturated/α-hetero) is 1. The van der Waals surface area contributed by atoms with E-state index in [1.165, 1.54) is 31.4 Å². The molecule has 0 aliphatic carbocycles. The van der Waals surface area contributed by atoms with E-state index in [1.807, 2.05) is 13.0 Å². The molecule has 1 aliphatic rings. The van der Waals surface area contributed by atoms with Crippen molar-refractivity contribution in [3.63, 3.8) is 0 Å². The van der Waals surface area contributed by atoms with E-state index in [4.69, 9.17) is 9.47 Å².